The van der Waals surface area contributed by atoms with Crippen molar-refractivity contribution in [1.29, 1.82) is 0 Å². The molecule has 0 saturated carbocycles. The molecule has 0 atom stereocenters. The van der Waals surface area contributed by atoms with Gasteiger partial charge in [0.2, 0.25) is 0 Å². The van der Waals surface area contributed by atoms with Gasteiger partial charge in [-0.15, -0.1) is 0 Å². The number of allylic oxidation sites excluding steroid dienone is 2. The van der Waals surface area contributed by atoms with Crippen LogP contribution >= 0.6 is 0 Å². The van der Waals surface area contributed by atoms with Crippen molar-refractivity contribution in [3.8, 4) is 11.5 Å². The van der Waals surface area contributed by atoms with Gasteiger partial charge in [0.15, 0.2) is 0 Å². The monoisotopic (exact) mass is 244 g/mol. The molecule has 0 bridgehead atoms. The second-order valence-corrected chi connectivity index (χ2v) is 10.2. The van der Waals surface area contributed by atoms with E-state index in [1.54, 1.807) is 0 Å². The van der Waals surface area contributed by atoms with E-state index in [-0.39, 0.29) is 7.12 Å². The number of benzene rings is 1. The zero-order chi connectivity index (χ0) is 12.3. The Labute approximate surface area is 104 Å². The van der Waals surface area contributed by atoms with Crippen molar-refractivity contribution in [1.82, 2.24) is 0 Å². The largest absolute Gasteiger partial charge is 0.625 e. The zero-order valence-electron chi connectivity index (χ0n) is 10.5. The van der Waals surface area contributed by atoms with Crippen LogP contribution in [0.2, 0.25) is 19.6 Å². The number of rotatable bonds is 3. The predicted molar refractivity (Wildman–Crippen MR) is 75.1 cm³/mol. The van der Waals surface area contributed by atoms with Gasteiger partial charge >= 0.3 is 7.12 Å². The van der Waals surface area contributed by atoms with E-state index in [0.29, 0.717) is 0 Å². The molecular formula is C13H17BO2Si. The predicted octanol–water partition coefficient (Wildman–Crippen LogP) is 3.48. The van der Waals surface area contributed by atoms with Crippen molar-refractivity contribution in [2.45, 2.75) is 19.6 Å². The standard InChI is InChI=1S/C13H17BO2Si/c1-17(2,3)11-7-6-10-14-15-12-8-4-5-9-13(12)16-14/h4-11H,1-3H3/b10-6+,11-7+. The molecule has 4 heteroatoms. The van der Waals surface area contributed by atoms with Crippen LogP contribution in [0.15, 0.2) is 48.1 Å². The fraction of sp³-hybridized carbons (Fsp3) is 0.231. The first-order valence-electron chi connectivity index (χ1n) is 5.83. The Kier molecular flexibility index (Phi) is 3.43. The van der Waals surface area contributed by atoms with Gasteiger partial charge in [-0.3, -0.25) is 0 Å². The van der Waals surface area contributed by atoms with Gasteiger partial charge in [-0.25, -0.2) is 0 Å². The van der Waals surface area contributed by atoms with E-state index in [1.165, 1.54) is 0 Å². The lowest BCUT2D eigenvalue weighted by atomic mass is 9.90. The first kappa shape index (κ1) is 12.0. The Hall–Kier alpha value is -1.42. The molecule has 1 aliphatic heterocycles. The second kappa shape index (κ2) is 4.84. The van der Waals surface area contributed by atoms with E-state index in [0.717, 1.165) is 11.5 Å². The van der Waals surface area contributed by atoms with E-state index in [2.05, 4.69) is 31.4 Å². The highest BCUT2D eigenvalue weighted by Gasteiger charge is 2.28. The molecule has 1 aromatic rings. The van der Waals surface area contributed by atoms with Crippen LogP contribution in [0.3, 0.4) is 0 Å². The lowest BCUT2D eigenvalue weighted by Gasteiger charge is -2.06. The summed E-state index contributed by atoms with van der Waals surface area (Å²) >= 11 is 0. The summed E-state index contributed by atoms with van der Waals surface area (Å²) in [5.41, 5.74) is 2.28. The SMILES string of the molecule is C[Si](C)(C)/C=C/C=C/B1Oc2ccccc2O1. The van der Waals surface area contributed by atoms with Crippen molar-refractivity contribution in [2.24, 2.45) is 0 Å². The van der Waals surface area contributed by atoms with Crippen LogP contribution in [0.25, 0.3) is 0 Å². The Morgan fingerprint density at radius 3 is 2.12 bits per heavy atom. The molecule has 1 aliphatic rings. The van der Waals surface area contributed by atoms with Crippen LogP contribution in [0, 0.1) is 0 Å². The maximum atomic E-state index is 5.61. The van der Waals surface area contributed by atoms with Gasteiger partial charge in [-0.1, -0.05) is 49.6 Å². The summed E-state index contributed by atoms with van der Waals surface area (Å²) in [5, 5.41) is 0. The van der Waals surface area contributed by atoms with E-state index in [4.69, 9.17) is 9.31 Å². The average Bonchev–Trinajstić information content (AvgIpc) is 2.65. The minimum absolute atomic E-state index is 0.293. The van der Waals surface area contributed by atoms with Gasteiger partial charge in [-0.05, 0) is 18.1 Å². The average molecular weight is 244 g/mol. The molecule has 0 radical (unpaired) electrons. The van der Waals surface area contributed by atoms with Gasteiger partial charge < -0.3 is 9.31 Å². The molecular weight excluding hydrogens is 227 g/mol. The lowest BCUT2D eigenvalue weighted by molar-refractivity contribution is 0.517. The highest BCUT2D eigenvalue weighted by Crippen LogP contribution is 2.32. The molecule has 0 aromatic heterocycles. The van der Waals surface area contributed by atoms with Crippen LogP contribution < -0.4 is 9.31 Å². The molecule has 1 heterocycles. The van der Waals surface area contributed by atoms with Crippen molar-refractivity contribution in [2.75, 3.05) is 0 Å². The maximum absolute atomic E-state index is 5.61. The van der Waals surface area contributed by atoms with Crippen molar-refractivity contribution in [3.05, 3.63) is 48.1 Å². The van der Waals surface area contributed by atoms with E-state index < -0.39 is 8.07 Å². The Bertz CT molecular complexity index is 424. The molecule has 1 aromatic carbocycles. The van der Waals surface area contributed by atoms with Crippen LogP contribution in [0.1, 0.15) is 0 Å². The molecule has 0 amide bonds. The van der Waals surface area contributed by atoms with Gasteiger partial charge in [0.05, 0.1) is 8.07 Å². The molecule has 17 heavy (non-hydrogen) atoms. The molecule has 2 nitrogen and oxygen atoms in total. The highest BCUT2D eigenvalue weighted by molar-refractivity contribution is 6.81. The molecule has 0 fully saturated rings. The molecule has 0 N–H and O–H groups in total. The van der Waals surface area contributed by atoms with Crippen LogP contribution in [-0.2, 0) is 0 Å². The third-order valence-electron chi connectivity index (χ3n) is 2.31. The lowest BCUT2D eigenvalue weighted by Crippen LogP contribution is -2.21. The summed E-state index contributed by atoms with van der Waals surface area (Å²) in [7, 11) is -1.40. The topological polar surface area (TPSA) is 18.5 Å². The third kappa shape index (κ3) is 3.53. The normalized spacial score (nSPS) is 15.1. The van der Waals surface area contributed by atoms with Crippen molar-refractivity contribution >= 4 is 15.2 Å². The Morgan fingerprint density at radius 2 is 1.59 bits per heavy atom. The Balaban J connectivity index is 1.92. The zero-order valence-corrected chi connectivity index (χ0v) is 11.5. The number of para-hydroxylation sites is 2. The van der Waals surface area contributed by atoms with Crippen LogP contribution in [0.5, 0.6) is 11.5 Å². The summed E-state index contributed by atoms with van der Waals surface area (Å²) < 4.78 is 11.2. The van der Waals surface area contributed by atoms with Gasteiger partial charge in [0, 0.05) is 0 Å². The van der Waals surface area contributed by atoms with Gasteiger partial charge in [0.1, 0.15) is 11.5 Å². The fourth-order valence-corrected chi connectivity index (χ4v) is 2.19. The highest BCUT2D eigenvalue weighted by atomic mass is 28.3. The second-order valence-electron chi connectivity index (χ2n) is 5.16. The molecule has 0 spiro atoms. The van der Waals surface area contributed by atoms with Crippen LogP contribution in [0.4, 0.5) is 0 Å². The van der Waals surface area contributed by atoms with Gasteiger partial charge in [0.25, 0.3) is 0 Å². The number of hydrogen-bond acceptors (Lipinski definition) is 2. The minimum Gasteiger partial charge on any atom is -0.520 e. The summed E-state index contributed by atoms with van der Waals surface area (Å²) in [4.78, 5) is 0. The first-order chi connectivity index (χ1) is 8.04. The first-order valence-corrected chi connectivity index (χ1v) is 9.41. The summed E-state index contributed by atoms with van der Waals surface area (Å²) in [6, 6.07) is 7.72. The molecule has 88 valence electrons. The quantitative estimate of drug-likeness (QED) is 0.598. The smallest absolute Gasteiger partial charge is 0.520 e. The summed E-state index contributed by atoms with van der Waals surface area (Å²) in [6.07, 6.45) is 4.08. The fourth-order valence-electron chi connectivity index (χ4n) is 1.50. The molecule has 2 rings (SSSR count). The van der Waals surface area contributed by atoms with Gasteiger partial charge in [-0.2, -0.15) is 0 Å². The summed E-state index contributed by atoms with van der Waals surface area (Å²) in [6.45, 7) is 6.90. The number of hydrogen-bond donors (Lipinski definition) is 0. The molecule has 0 unspecified atom stereocenters. The maximum Gasteiger partial charge on any atom is 0.625 e. The molecule has 0 saturated heterocycles. The van der Waals surface area contributed by atoms with Crippen molar-refractivity contribution in [3.63, 3.8) is 0 Å². The van der Waals surface area contributed by atoms with Crippen molar-refractivity contribution < 1.29 is 9.31 Å². The Morgan fingerprint density at radius 1 is 1.00 bits per heavy atom. The van der Waals surface area contributed by atoms with E-state index >= 15 is 0 Å². The number of fused-ring (bicyclic) bond motifs is 1. The van der Waals surface area contributed by atoms with E-state index in [1.807, 2.05) is 36.3 Å². The summed E-state index contributed by atoms with van der Waals surface area (Å²) in [5.74, 6) is 3.56. The van der Waals surface area contributed by atoms with Crippen LogP contribution in [-0.4, -0.2) is 15.2 Å². The third-order valence-corrected chi connectivity index (χ3v) is 3.50. The minimum atomic E-state index is -1.11. The van der Waals surface area contributed by atoms with E-state index in [9.17, 15) is 0 Å². The molecule has 0 aliphatic carbocycles.